The van der Waals surface area contributed by atoms with E-state index >= 15 is 0 Å². The van der Waals surface area contributed by atoms with Crippen molar-refractivity contribution < 1.29 is 5.11 Å². The first-order valence-electron chi connectivity index (χ1n) is 7.69. The molecule has 1 aliphatic rings. The number of nitrogens with one attached hydrogen (secondary N) is 1. The van der Waals surface area contributed by atoms with E-state index in [4.69, 9.17) is 0 Å². The molecule has 0 aliphatic heterocycles. The summed E-state index contributed by atoms with van der Waals surface area (Å²) < 4.78 is 0. The lowest BCUT2D eigenvalue weighted by Crippen LogP contribution is -2.39. The zero-order valence-corrected chi connectivity index (χ0v) is 13.0. The minimum Gasteiger partial charge on any atom is -0.392 e. The van der Waals surface area contributed by atoms with Crippen molar-refractivity contribution in [3.05, 3.63) is 0 Å². The normalized spacial score (nSPS) is 27.5. The standard InChI is InChI=1S/C16H33NO/c1-12(2)13-6-8-14(9-7-13)17-11-15(18)10-16(3,4)5/h12-15,17-18H,6-11H2,1-5H3. The van der Waals surface area contributed by atoms with E-state index in [2.05, 4.69) is 39.9 Å². The third kappa shape index (κ3) is 6.19. The van der Waals surface area contributed by atoms with Crippen LogP contribution in [-0.4, -0.2) is 23.8 Å². The first kappa shape index (κ1) is 16.0. The highest BCUT2D eigenvalue weighted by molar-refractivity contribution is 4.80. The van der Waals surface area contributed by atoms with E-state index < -0.39 is 0 Å². The van der Waals surface area contributed by atoms with Gasteiger partial charge in [-0.3, -0.25) is 0 Å². The van der Waals surface area contributed by atoms with Crippen LogP contribution in [-0.2, 0) is 0 Å². The molecular formula is C16H33NO. The fourth-order valence-electron chi connectivity index (χ4n) is 3.07. The molecule has 2 N–H and O–H groups in total. The molecule has 0 heterocycles. The van der Waals surface area contributed by atoms with E-state index in [1.54, 1.807) is 0 Å². The van der Waals surface area contributed by atoms with Gasteiger partial charge in [0.2, 0.25) is 0 Å². The van der Waals surface area contributed by atoms with Gasteiger partial charge in [0.15, 0.2) is 0 Å². The number of aliphatic hydroxyl groups excluding tert-OH is 1. The lowest BCUT2D eigenvalue weighted by Gasteiger charge is -2.32. The van der Waals surface area contributed by atoms with E-state index in [0.717, 1.165) is 24.8 Å². The molecule has 1 unspecified atom stereocenters. The van der Waals surface area contributed by atoms with Gasteiger partial charge in [-0.15, -0.1) is 0 Å². The first-order chi connectivity index (χ1) is 8.28. The van der Waals surface area contributed by atoms with Gasteiger partial charge in [0.1, 0.15) is 0 Å². The Hall–Kier alpha value is -0.0800. The molecule has 1 atom stereocenters. The minimum absolute atomic E-state index is 0.201. The van der Waals surface area contributed by atoms with Crippen LogP contribution in [0.4, 0.5) is 0 Å². The second-order valence-corrected chi connectivity index (χ2v) is 7.68. The number of rotatable bonds is 5. The summed E-state index contributed by atoms with van der Waals surface area (Å²) in [5.41, 5.74) is 0.219. The topological polar surface area (TPSA) is 32.3 Å². The van der Waals surface area contributed by atoms with Gasteiger partial charge in [0.25, 0.3) is 0 Å². The van der Waals surface area contributed by atoms with Crippen molar-refractivity contribution in [2.75, 3.05) is 6.54 Å². The molecule has 0 aromatic heterocycles. The van der Waals surface area contributed by atoms with E-state index in [-0.39, 0.29) is 11.5 Å². The molecule has 0 bridgehead atoms. The Balaban J connectivity index is 2.18. The van der Waals surface area contributed by atoms with Crippen LogP contribution in [0.2, 0.25) is 0 Å². The quantitative estimate of drug-likeness (QED) is 0.787. The first-order valence-corrected chi connectivity index (χ1v) is 7.69. The van der Waals surface area contributed by atoms with Crippen molar-refractivity contribution >= 4 is 0 Å². The van der Waals surface area contributed by atoms with Crippen LogP contribution in [0.15, 0.2) is 0 Å². The average molecular weight is 255 g/mol. The van der Waals surface area contributed by atoms with Gasteiger partial charge in [0.05, 0.1) is 6.10 Å². The SMILES string of the molecule is CC(C)C1CCC(NCC(O)CC(C)(C)C)CC1. The maximum Gasteiger partial charge on any atom is 0.0669 e. The zero-order valence-electron chi connectivity index (χ0n) is 13.0. The van der Waals surface area contributed by atoms with Gasteiger partial charge >= 0.3 is 0 Å². The maximum absolute atomic E-state index is 9.99. The molecule has 0 amide bonds. The Kier molecular flexibility index (Phi) is 6.13. The number of aliphatic hydroxyl groups is 1. The van der Waals surface area contributed by atoms with Crippen molar-refractivity contribution in [1.29, 1.82) is 0 Å². The predicted octanol–water partition coefficient (Wildman–Crippen LogP) is 3.59. The summed E-state index contributed by atoms with van der Waals surface area (Å²) in [5, 5.41) is 13.5. The monoisotopic (exact) mass is 255 g/mol. The smallest absolute Gasteiger partial charge is 0.0669 e. The van der Waals surface area contributed by atoms with Gasteiger partial charge in [0, 0.05) is 12.6 Å². The molecule has 18 heavy (non-hydrogen) atoms. The molecule has 0 aromatic carbocycles. The van der Waals surface area contributed by atoms with Crippen molar-refractivity contribution in [1.82, 2.24) is 5.32 Å². The molecule has 1 rings (SSSR count). The molecule has 1 aliphatic carbocycles. The third-order valence-corrected chi connectivity index (χ3v) is 4.20. The molecule has 2 heteroatoms. The number of hydrogen-bond donors (Lipinski definition) is 2. The summed E-state index contributed by atoms with van der Waals surface area (Å²) in [6, 6.07) is 0.634. The highest BCUT2D eigenvalue weighted by Gasteiger charge is 2.24. The molecular weight excluding hydrogens is 222 g/mol. The third-order valence-electron chi connectivity index (χ3n) is 4.20. The highest BCUT2D eigenvalue weighted by Crippen LogP contribution is 2.30. The molecule has 0 radical (unpaired) electrons. The highest BCUT2D eigenvalue weighted by atomic mass is 16.3. The zero-order chi connectivity index (χ0) is 13.8. The van der Waals surface area contributed by atoms with E-state index in [1.165, 1.54) is 25.7 Å². The van der Waals surface area contributed by atoms with Crippen LogP contribution in [0.3, 0.4) is 0 Å². The fourth-order valence-corrected chi connectivity index (χ4v) is 3.07. The van der Waals surface area contributed by atoms with Crippen LogP contribution in [0.1, 0.15) is 66.7 Å². The van der Waals surface area contributed by atoms with Crippen LogP contribution in [0.25, 0.3) is 0 Å². The molecule has 0 spiro atoms. The van der Waals surface area contributed by atoms with Crippen molar-refractivity contribution in [3.63, 3.8) is 0 Å². The summed E-state index contributed by atoms with van der Waals surface area (Å²) in [4.78, 5) is 0. The summed E-state index contributed by atoms with van der Waals surface area (Å²) in [5.74, 6) is 1.75. The van der Waals surface area contributed by atoms with Crippen LogP contribution < -0.4 is 5.32 Å². The van der Waals surface area contributed by atoms with Crippen LogP contribution in [0.5, 0.6) is 0 Å². The summed E-state index contributed by atoms with van der Waals surface area (Å²) in [6.07, 6.45) is 5.94. The largest absolute Gasteiger partial charge is 0.392 e. The Morgan fingerprint density at radius 3 is 2.11 bits per heavy atom. The second kappa shape index (κ2) is 6.91. The van der Waals surface area contributed by atoms with Gasteiger partial charge < -0.3 is 10.4 Å². The Bertz CT molecular complexity index is 224. The van der Waals surface area contributed by atoms with Crippen LogP contribution >= 0.6 is 0 Å². The molecule has 1 saturated carbocycles. The molecule has 0 saturated heterocycles. The molecule has 2 nitrogen and oxygen atoms in total. The van der Waals surface area contributed by atoms with Gasteiger partial charge in [-0.2, -0.15) is 0 Å². The van der Waals surface area contributed by atoms with Crippen molar-refractivity contribution in [2.45, 2.75) is 78.9 Å². The van der Waals surface area contributed by atoms with Gasteiger partial charge in [-0.1, -0.05) is 34.6 Å². The fraction of sp³-hybridized carbons (Fsp3) is 1.00. The Morgan fingerprint density at radius 1 is 1.11 bits per heavy atom. The summed E-state index contributed by atoms with van der Waals surface area (Å²) in [6.45, 7) is 12.0. The Labute approximate surface area is 114 Å². The maximum atomic E-state index is 9.99. The molecule has 1 fully saturated rings. The van der Waals surface area contributed by atoms with Crippen LogP contribution in [0, 0.1) is 17.3 Å². The molecule has 108 valence electrons. The predicted molar refractivity (Wildman–Crippen MR) is 78.7 cm³/mol. The summed E-state index contributed by atoms with van der Waals surface area (Å²) in [7, 11) is 0. The molecule has 0 aromatic rings. The lowest BCUT2D eigenvalue weighted by atomic mass is 9.79. The van der Waals surface area contributed by atoms with Gasteiger partial charge in [-0.25, -0.2) is 0 Å². The second-order valence-electron chi connectivity index (χ2n) is 7.68. The van der Waals surface area contributed by atoms with Gasteiger partial charge in [-0.05, 0) is 49.4 Å². The minimum atomic E-state index is -0.201. The number of hydrogen-bond acceptors (Lipinski definition) is 2. The lowest BCUT2D eigenvalue weighted by molar-refractivity contribution is 0.112. The van der Waals surface area contributed by atoms with E-state index in [1.807, 2.05) is 0 Å². The average Bonchev–Trinajstić information content (AvgIpc) is 2.24. The van der Waals surface area contributed by atoms with Crippen molar-refractivity contribution in [2.24, 2.45) is 17.3 Å². The van der Waals surface area contributed by atoms with E-state index in [9.17, 15) is 5.11 Å². The Morgan fingerprint density at radius 2 is 1.67 bits per heavy atom. The van der Waals surface area contributed by atoms with E-state index in [0.29, 0.717) is 6.04 Å². The summed E-state index contributed by atoms with van der Waals surface area (Å²) >= 11 is 0. The van der Waals surface area contributed by atoms with Crippen molar-refractivity contribution in [3.8, 4) is 0 Å².